The molecule has 2 heterocycles. The molecule has 0 amide bonds. The van der Waals surface area contributed by atoms with Crippen LogP contribution in [-0.2, 0) is 24.3 Å². The van der Waals surface area contributed by atoms with Crippen molar-refractivity contribution in [3.05, 3.63) is 159 Å². The van der Waals surface area contributed by atoms with Gasteiger partial charge in [0.25, 0.3) is 0 Å². The summed E-state index contributed by atoms with van der Waals surface area (Å²) in [6.45, 7) is 0.852. The van der Waals surface area contributed by atoms with Crippen molar-refractivity contribution < 1.29 is 9.53 Å². The Bertz CT molecular complexity index is 2430. The molecule has 0 saturated carbocycles. The molecule has 0 spiro atoms. The van der Waals surface area contributed by atoms with E-state index in [2.05, 4.69) is 59.6 Å². The molecule has 9 rings (SSSR count). The molecule has 6 heteroatoms. The number of ether oxygens (including phenoxy) is 1. The van der Waals surface area contributed by atoms with Crippen LogP contribution in [0.4, 0.5) is 4.79 Å². The van der Waals surface area contributed by atoms with Crippen molar-refractivity contribution in [1.29, 1.82) is 0 Å². The number of rotatable bonds is 4. The normalized spacial score (nSPS) is 15.0. The minimum absolute atomic E-state index is 0.251. The van der Waals surface area contributed by atoms with E-state index in [4.69, 9.17) is 22.1 Å². The maximum atomic E-state index is 12.2. The number of fused-ring (bicyclic) bond motifs is 8. The molecule has 0 bridgehead atoms. The Kier molecular flexibility index (Phi) is 8.93. The first kappa shape index (κ1) is 32.0. The highest BCUT2D eigenvalue weighted by molar-refractivity contribution is 6.31. The highest BCUT2D eigenvalue weighted by Crippen LogP contribution is 2.39. The monoisotopic (exact) mass is 675 g/mol. The molecule has 50 heavy (non-hydrogen) atoms. The first-order chi connectivity index (χ1) is 24.6. The number of para-hydroxylation sites is 1. The van der Waals surface area contributed by atoms with Crippen molar-refractivity contribution in [2.24, 2.45) is 5.73 Å². The Labute approximate surface area is 296 Å². The van der Waals surface area contributed by atoms with Crippen molar-refractivity contribution in [3.63, 3.8) is 0 Å². The van der Waals surface area contributed by atoms with Gasteiger partial charge in [-0.05, 0) is 99.3 Å². The number of aromatic nitrogens is 2. The van der Waals surface area contributed by atoms with Crippen molar-refractivity contribution >= 4 is 51.5 Å². The fraction of sp³-hybridized carbons (Fsp3) is 0.182. The number of nitrogens with two attached hydrogens (primary N) is 1. The molecule has 5 nitrogen and oxygen atoms in total. The number of hydrogen-bond acceptors (Lipinski definition) is 4. The molecule has 1 atom stereocenters. The van der Waals surface area contributed by atoms with E-state index in [-0.39, 0.29) is 6.61 Å². The zero-order chi connectivity index (χ0) is 34.0. The minimum Gasteiger partial charge on any atom is -0.444 e. The molecule has 2 aliphatic carbocycles. The van der Waals surface area contributed by atoms with Crippen LogP contribution in [0, 0.1) is 0 Å². The molecule has 2 aliphatic heterocycles. The van der Waals surface area contributed by atoms with Crippen molar-refractivity contribution in [2.75, 3.05) is 0 Å². The Balaban J connectivity index is 0.000000146. The van der Waals surface area contributed by atoms with Gasteiger partial charge in [-0.1, -0.05) is 109 Å². The summed E-state index contributed by atoms with van der Waals surface area (Å²) in [5, 5.41) is 7.26. The van der Waals surface area contributed by atoms with Crippen LogP contribution in [0.1, 0.15) is 59.4 Å². The molecule has 0 saturated heterocycles. The van der Waals surface area contributed by atoms with Crippen LogP contribution in [0.15, 0.2) is 116 Å². The third-order valence-corrected chi connectivity index (χ3v) is 10.4. The number of carbonyl (C=O) groups is 1. The molecule has 0 aromatic heterocycles. The standard InChI is InChI=1S/C25H24ClN.C19H14N2O2/c26-25-14-24-20-7-3-6-18(17-10-8-16(15-27)9-11-17)21(20)12-13-22(24)19-4-1-2-5-23(19)25;22-19(23-13-14-6-2-1-3-7-14)21-11-10-16-15-8-4-5-9-17(15)20-18(16)12-21/h4-5,8-14,18H,1-3,6-7,15,27H2;1-12H,13H2. The van der Waals surface area contributed by atoms with E-state index in [1.807, 2.05) is 60.7 Å². The first-order valence-corrected chi connectivity index (χ1v) is 17.8. The van der Waals surface area contributed by atoms with Crippen molar-refractivity contribution in [3.8, 4) is 11.3 Å². The summed E-state index contributed by atoms with van der Waals surface area (Å²) in [6.07, 6.45) is 13.4. The molecule has 0 radical (unpaired) electrons. The van der Waals surface area contributed by atoms with Gasteiger partial charge in [0, 0.05) is 40.8 Å². The summed E-state index contributed by atoms with van der Waals surface area (Å²) in [7, 11) is 0. The Morgan fingerprint density at radius 1 is 0.840 bits per heavy atom. The van der Waals surface area contributed by atoms with Gasteiger partial charge < -0.3 is 10.5 Å². The minimum atomic E-state index is -0.414. The van der Waals surface area contributed by atoms with Gasteiger partial charge in [0.15, 0.2) is 0 Å². The van der Waals surface area contributed by atoms with E-state index in [0.717, 1.165) is 52.0 Å². The molecule has 0 fully saturated rings. The number of pyridine rings is 1. The average Bonchev–Trinajstić information content (AvgIpc) is 3.55. The summed E-state index contributed by atoms with van der Waals surface area (Å²) in [6, 6.07) is 35.2. The predicted octanol–water partition coefficient (Wildman–Crippen LogP) is 9.10. The highest BCUT2D eigenvalue weighted by Gasteiger charge is 2.24. The highest BCUT2D eigenvalue weighted by atomic mass is 35.5. The van der Waals surface area contributed by atoms with E-state index in [1.54, 1.807) is 12.4 Å². The molecule has 2 N–H and O–H groups in total. The molecule has 248 valence electrons. The van der Waals surface area contributed by atoms with E-state index in [0.29, 0.717) is 12.5 Å². The van der Waals surface area contributed by atoms with Gasteiger partial charge in [0.05, 0.1) is 11.2 Å². The zero-order valence-corrected chi connectivity index (χ0v) is 28.6. The summed E-state index contributed by atoms with van der Waals surface area (Å²) < 4.78 is 6.76. The smallest absolute Gasteiger partial charge is 0.418 e. The quantitative estimate of drug-likeness (QED) is 0.202. The summed E-state index contributed by atoms with van der Waals surface area (Å²) in [5.41, 5.74) is 15.0. The Hall–Kier alpha value is -5.23. The average molecular weight is 676 g/mol. The largest absolute Gasteiger partial charge is 0.444 e. The fourth-order valence-electron chi connectivity index (χ4n) is 7.56. The number of halogens is 1. The van der Waals surface area contributed by atoms with Crippen LogP contribution in [0.5, 0.6) is 0 Å². The maximum absolute atomic E-state index is 12.2. The first-order valence-electron chi connectivity index (χ1n) is 17.4. The molecule has 5 aromatic rings. The van der Waals surface area contributed by atoms with Crippen LogP contribution in [0.2, 0.25) is 5.02 Å². The topological polar surface area (TPSA) is 70.1 Å². The molecular formula is C44H38ClN3O2. The number of nitrogens with zero attached hydrogens (tertiary/aromatic N) is 2. The lowest BCUT2D eigenvalue weighted by Crippen LogP contribution is -2.29. The van der Waals surface area contributed by atoms with Crippen LogP contribution < -0.4 is 16.2 Å². The summed E-state index contributed by atoms with van der Waals surface area (Å²) in [4.78, 5) is 16.7. The fourth-order valence-corrected chi connectivity index (χ4v) is 7.84. The number of benzene rings is 5. The molecule has 1 unspecified atom stereocenters. The van der Waals surface area contributed by atoms with Crippen LogP contribution >= 0.6 is 11.6 Å². The number of aryl methyl sites for hydroxylation is 1. The SMILES string of the molecule is NCc1ccc(C2CCCc3c2ccc2c4c(c(Cl)cc32)=CCCC=4)cc1.O=C(OCc1ccccc1)n1ccc2c3ccccc3nc-2c1. The van der Waals surface area contributed by atoms with Gasteiger partial charge in [-0.3, -0.25) is 4.57 Å². The van der Waals surface area contributed by atoms with E-state index in [1.165, 1.54) is 60.9 Å². The predicted molar refractivity (Wildman–Crippen MR) is 204 cm³/mol. The second-order valence-corrected chi connectivity index (χ2v) is 13.5. The van der Waals surface area contributed by atoms with E-state index >= 15 is 0 Å². The summed E-state index contributed by atoms with van der Waals surface area (Å²) in [5.74, 6) is 0.468. The number of carbonyl (C=O) groups excluding carboxylic acids is 1. The van der Waals surface area contributed by atoms with Gasteiger partial charge >= 0.3 is 6.09 Å². The van der Waals surface area contributed by atoms with Crippen LogP contribution in [0.3, 0.4) is 0 Å². The van der Waals surface area contributed by atoms with Gasteiger partial charge in [-0.25, -0.2) is 9.78 Å². The lowest BCUT2D eigenvalue weighted by atomic mass is 9.77. The van der Waals surface area contributed by atoms with Gasteiger partial charge in [0.2, 0.25) is 0 Å². The van der Waals surface area contributed by atoms with Crippen LogP contribution in [-0.4, -0.2) is 15.6 Å². The van der Waals surface area contributed by atoms with Gasteiger partial charge in [-0.15, -0.1) is 0 Å². The van der Waals surface area contributed by atoms with Crippen molar-refractivity contribution in [2.45, 2.75) is 51.2 Å². The second kappa shape index (κ2) is 13.9. The third kappa shape index (κ3) is 6.19. The summed E-state index contributed by atoms with van der Waals surface area (Å²) >= 11 is 6.69. The molecule has 5 aromatic carbocycles. The third-order valence-electron chi connectivity index (χ3n) is 10.1. The lowest BCUT2D eigenvalue weighted by Gasteiger charge is -2.28. The van der Waals surface area contributed by atoms with Crippen molar-refractivity contribution in [1.82, 2.24) is 9.55 Å². The number of hydrogen-bond donors (Lipinski definition) is 1. The van der Waals surface area contributed by atoms with Gasteiger partial charge in [0.1, 0.15) is 6.61 Å². The zero-order valence-electron chi connectivity index (χ0n) is 27.8. The Morgan fingerprint density at radius 2 is 1.62 bits per heavy atom. The second-order valence-electron chi connectivity index (χ2n) is 13.1. The molecular weight excluding hydrogens is 638 g/mol. The molecule has 4 aliphatic rings. The van der Waals surface area contributed by atoms with Gasteiger partial charge in [-0.2, -0.15) is 0 Å². The maximum Gasteiger partial charge on any atom is 0.418 e. The van der Waals surface area contributed by atoms with E-state index in [9.17, 15) is 4.79 Å². The van der Waals surface area contributed by atoms with E-state index < -0.39 is 6.09 Å². The van der Waals surface area contributed by atoms with Crippen LogP contribution in [0.25, 0.3) is 45.1 Å². The Morgan fingerprint density at radius 3 is 2.44 bits per heavy atom. The lowest BCUT2D eigenvalue weighted by molar-refractivity contribution is 0.141.